The van der Waals surface area contributed by atoms with E-state index < -0.39 is 30.1 Å². The van der Waals surface area contributed by atoms with Gasteiger partial charge in [-0.2, -0.15) is 26.3 Å². The van der Waals surface area contributed by atoms with Gasteiger partial charge >= 0.3 is 18.4 Å². The largest absolute Gasteiger partial charge is 0.446 e. The van der Waals surface area contributed by atoms with Gasteiger partial charge in [-0.25, -0.2) is 4.79 Å². The van der Waals surface area contributed by atoms with Gasteiger partial charge in [-0.15, -0.1) is 0 Å². The zero-order valence-corrected chi connectivity index (χ0v) is 12.4. The summed E-state index contributed by atoms with van der Waals surface area (Å²) in [6.45, 7) is 3.76. The lowest BCUT2D eigenvalue weighted by Crippen LogP contribution is -2.65. The van der Waals surface area contributed by atoms with Gasteiger partial charge < -0.3 is 4.74 Å². The van der Waals surface area contributed by atoms with E-state index in [0.717, 1.165) is 5.32 Å². The molecule has 9 heteroatoms. The predicted octanol–water partition coefficient (Wildman–Crippen LogP) is 4.42. The fourth-order valence-electron chi connectivity index (χ4n) is 2.29. The second kappa shape index (κ2) is 6.16. The number of carbonyl (C=O) groups is 1. The SMILES string of the molecule is C[C@H]1CC[C@@H](OC(=O)NC(C)(C(F)(F)F)C(F)(F)F)C[C@@H]1C. The molecule has 1 amide bonds. The Hall–Kier alpha value is -1.15. The van der Waals surface area contributed by atoms with Gasteiger partial charge in [-0.1, -0.05) is 13.8 Å². The van der Waals surface area contributed by atoms with Crippen molar-refractivity contribution in [2.45, 2.75) is 64.0 Å². The minimum absolute atomic E-state index is 0.125. The summed E-state index contributed by atoms with van der Waals surface area (Å²) in [4.78, 5) is 11.5. The molecule has 130 valence electrons. The van der Waals surface area contributed by atoms with E-state index in [0.29, 0.717) is 25.2 Å². The second-order valence-electron chi connectivity index (χ2n) is 6.04. The van der Waals surface area contributed by atoms with Crippen molar-refractivity contribution in [2.24, 2.45) is 11.8 Å². The normalized spacial score (nSPS) is 27.4. The van der Waals surface area contributed by atoms with Crippen molar-refractivity contribution in [3.63, 3.8) is 0 Å². The first-order valence-corrected chi connectivity index (χ1v) is 6.90. The summed E-state index contributed by atoms with van der Waals surface area (Å²) < 4.78 is 80.7. The molecule has 3 nitrogen and oxygen atoms in total. The fourth-order valence-corrected chi connectivity index (χ4v) is 2.29. The Kier molecular flexibility index (Phi) is 5.29. The molecule has 0 aromatic rings. The number of rotatable bonds is 2. The third-order valence-corrected chi connectivity index (χ3v) is 4.31. The van der Waals surface area contributed by atoms with Crippen molar-refractivity contribution in [3.05, 3.63) is 0 Å². The summed E-state index contributed by atoms with van der Waals surface area (Å²) in [5.41, 5.74) is -4.34. The quantitative estimate of drug-likeness (QED) is 0.759. The first-order chi connectivity index (χ1) is 9.78. The number of halogens is 6. The predicted molar refractivity (Wildman–Crippen MR) is 66.1 cm³/mol. The summed E-state index contributed by atoms with van der Waals surface area (Å²) in [7, 11) is 0. The topological polar surface area (TPSA) is 38.3 Å². The van der Waals surface area contributed by atoms with Crippen LogP contribution >= 0.6 is 0 Å². The molecule has 1 aliphatic carbocycles. The number of nitrogens with one attached hydrogen (secondary N) is 1. The Bertz CT molecular complexity index is 392. The van der Waals surface area contributed by atoms with Crippen LogP contribution in [0.1, 0.15) is 40.0 Å². The molecule has 0 spiro atoms. The molecule has 1 N–H and O–H groups in total. The van der Waals surface area contributed by atoms with E-state index in [1.807, 2.05) is 13.8 Å². The van der Waals surface area contributed by atoms with E-state index in [4.69, 9.17) is 4.74 Å². The van der Waals surface area contributed by atoms with Crippen LogP contribution in [0.25, 0.3) is 0 Å². The molecule has 0 radical (unpaired) electrons. The Morgan fingerprint density at radius 3 is 1.91 bits per heavy atom. The molecule has 3 atom stereocenters. The smallest absolute Gasteiger partial charge is 0.420 e. The van der Waals surface area contributed by atoms with Crippen LogP contribution in [-0.4, -0.2) is 30.1 Å². The average Bonchev–Trinajstić information content (AvgIpc) is 2.30. The second-order valence-corrected chi connectivity index (χ2v) is 6.04. The van der Waals surface area contributed by atoms with Gasteiger partial charge in [0, 0.05) is 0 Å². The number of ether oxygens (including phenoxy) is 1. The zero-order valence-electron chi connectivity index (χ0n) is 12.4. The molecule has 0 saturated heterocycles. The third-order valence-electron chi connectivity index (χ3n) is 4.31. The van der Waals surface area contributed by atoms with Crippen molar-refractivity contribution in [3.8, 4) is 0 Å². The number of amides is 1. The Morgan fingerprint density at radius 2 is 1.50 bits per heavy atom. The average molecular weight is 335 g/mol. The Labute approximate surface area is 124 Å². The van der Waals surface area contributed by atoms with Crippen molar-refractivity contribution in [1.82, 2.24) is 5.32 Å². The fraction of sp³-hybridized carbons (Fsp3) is 0.923. The van der Waals surface area contributed by atoms with Crippen LogP contribution in [0.2, 0.25) is 0 Å². The monoisotopic (exact) mass is 335 g/mol. The molecule has 0 unspecified atom stereocenters. The van der Waals surface area contributed by atoms with Gasteiger partial charge in [0.25, 0.3) is 0 Å². The lowest BCUT2D eigenvalue weighted by atomic mass is 9.80. The third kappa shape index (κ3) is 3.98. The zero-order chi connectivity index (χ0) is 17.3. The van der Waals surface area contributed by atoms with E-state index in [9.17, 15) is 31.1 Å². The van der Waals surface area contributed by atoms with Crippen LogP contribution in [-0.2, 0) is 4.74 Å². The maximum absolute atomic E-state index is 12.7. The molecular formula is C13H19F6NO2. The van der Waals surface area contributed by atoms with E-state index in [-0.39, 0.29) is 12.8 Å². The first-order valence-electron chi connectivity index (χ1n) is 6.90. The van der Waals surface area contributed by atoms with Gasteiger partial charge in [0.2, 0.25) is 5.54 Å². The number of hydrogen-bond acceptors (Lipinski definition) is 2. The first kappa shape index (κ1) is 18.9. The van der Waals surface area contributed by atoms with E-state index in [2.05, 4.69) is 0 Å². The van der Waals surface area contributed by atoms with Crippen molar-refractivity contribution in [2.75, 3.05) is 0 Å². The van der Waals surface area contributed by atoms with Crippen LogP contribution in [0.5, 0.6) is 0 Å². The van der Waals surface area contributed by atoms with Gasteiger partial charge in [-0.05, 0) is 38.0 Å². The molecule has 1 aliphatic rings. The van der Waals surface area contributed by atoms with E-state index in [1.165, 1.54) is 0 Å². The lowest BCUT2D eigenvalue weighted by molar-refractivity contribution is -0.299. The Balaban J connectivity index is 2.74. The molecule has 0 bridgehead atoms. The van der Waals surface area contributed by atoms with Gasteiger partial charge in [0.15, 0.2) is 0 Å². The Morgan fingerprint density at radius 1 is 1.00 bits per heavy atom. The highest BCUT2D eigenvalue weighted by atomic mass is 19.4. The highest BCUT2D eigenvalue weighted by molar-refractivity contribution is 5.68. The van der Waals surface area contributed by atoms with Crippen LogP contribution < -0.4 is 5.32 Å². The summed E-state index contributed by atoms with van der Waals surface area (Å²) >= 11 is 0. The van der Waals surface area contributed by atoms with Crippen LogP contribution in [0, 0.1) is 11.8 Å². The summed E-state index contributed by atoms with van der Waals surface area (Å²) in [6.07, 6.45) is -12.2. The minimum Gasteiger partial charge on any atom is -0.446 e. The van der Waals surface area contributed by atoms with E-state index >= 15 is 0 Å². The van der Waals surface area contributed by atoms with E-state index in [1.54, 1.807) is 0 Å². The highest BCUT2D eigenvalue weighted by Crippen LogP contribution is 2.42. The van der Waals surface area contributed by atoms with Crippen molar-refractivity contribution in [1.29, 1.82) is 0 Å². The minimum atomic E-state index is -5.68. The maximum atomic E-state index is 12.7. The maximum Gasteiger partial charge on any atom is 0.420 e. The lowest BCUT2D eigenvalue weighted by Gasteiger charge is -2.36. The molecule has 0 aliphatic heterocycles. The molecule has 22 heavy (non-hydrogen) atoms. The molecule has 1 fully saturated rings. The molecule has 1 saturated carbocycles. The summed E-state index contributed by atoms with van der Waals surface area (Å²) in [5.74, 6) is 0.557. The van der Waals surface area contributed by atoms with Crippen molar-refractivity contribution >= 4 is 6.09 Å². The van der Waals surface area contributed by atoms with Crippen molar-refractivity contribution < 1.29 is 35.9 Å². The molecule has 0 aromatic heterocycles. The van der Waals surface area contributed by atoms with Gasteiger partial charge in [0.1, 0.15) is 6.10 Å². The number of alkyl carbamates (subject to hydrolysis) is 1. The molecule has 0 aromatic carbocycles. The summed E-state index contributed by atoms with van der Waals surface area (Å²) in [6, 6.07) is 0. The van der Waals surface area contributed by atoms with Gasteiger partial charge in [0.05, 0.1) is 0 Å². The summed E-state index contributed by atoms with van der Waals surface area (Å²) in [5, 5.41) is 0.935. The molecule has 0 heterocycles. The van der Waals surface area contributed by atoms with Crippen LogP contribution in [0.15, 0.2) is 0 Å². The molecular weight excluding hydrogens is 316 g/mol. The standard InChI is InChI=1S/C13H19F6NO2/c1-7-4-5-9(6-8(7)2)22-10(21)20-11(3,12(14,15)16)13(17,18)19/h7-9H,4-6H2,1-3H3,(H,20,21)/t7-,8-,9+/m0/s1. The number of carbonyl (C=O) groups excluding carboxylic acids is 1. The van der Waals surface area contributed by atoms with Crippen LogP contribution in [0.4, 0.5) is 31.1 Å². The van der Waals surface area contributed by atoms with Gasteiger partial charge in [-0.3, -0.25) is 5.32 Å². The number of hydrogen-bond donors (Lipinski definition) is 1. The highest BCUT2D eigenvalue weighted by Gasteiger charge is 2.69. The van der Waals surface area contributed by atoms with Crippen LogP contribution in [0.3, 0.4) is 0 Å². The molecule has 1 rings (SSSR count). The number of alkyl halides is 6.